The normalized spacial score (nSPS) is 11.1. The van der Waals surface area contributed by atoms with Gasteiger partial charge in [-0.1, -0.05) is 90.0 Å². The van der Waals surface area contributed by atoms with Crippen LogP contribution in [0.4, 0.5) is 0 Å². The number of aromatic hydroxyl groups is 1. The van der Waals surface area contributed by atoms with E-state index in [1.54, 1.807) is 0 Å². The molecule has 0 saturated heterocycles. The summed E-state index contributed by atoms with van der Waals surface area (Å²) in [6.45, 7) is 2.28. The van der Waals surface area contributed by atoms with Crippen molar-refractivity contribution < 1.29 is 5.11 Å². The predicted molar refractivity (Wildman–Crippen MR) is 123 cm³/mol. The number of benzene rings is 1. The summed E-state index contributed by atoms with van der Waals surface area (Å²) in [6, 6.07) is 4.19. The summed E-state index contributed by atoms with van der Waals surface area (Å²) in [5.41, 5.74) is 1.30. The topological polar surface area (TPSA) is 20.2 Å². The smallest absolute Gasteiger partial charge is 0.142 e. The Morgan fingerprint density at radius 3 is 1.67 bits per heavy atom. The predicted octanol–water partition coefficient (Wildman–Crippen LogP) is 8.24. The van der Waals surface area contributed by atoms with Gasteiger partial charge in [0.2, 0.25) is 0 Å². The third-order valence-corrected chi connectivity index (χ3v) is 6.77. The molecule has 0 aliphatic carbocycles. The average molecular weight is 556 g/mol. The van der Waals surface area contributed by atoms with E-state index in [-0.39, 0.29) is 0 Å². The second-order valence-corrected chi connectivity index (χ2v) is 9.10. The number of phenols is 1. The van der Waals surface area contributed by atoms with Crippen molar-refractivity contribution in [1.82, 2.24) is 0 Å². The first-order chi connectivity index (χ1) is 11.7. The molecule has 0 unspecified atom stereocenters. The molecule has 1 aromatic rings. The van der Waals surface area contributed by atoms with Gasteiger partial charge in [0.25, 0.3) is 0 Å². The van der Waals surface area contributed by atoms with Crippen LogP contribution in [0.3, 0.4) is 0 Å². The molecule has 0 bridgehead atoms. The molecule has 24 heavy (non-hydrogen) atoms. The summed E-state index contributed by atoms with van der Waals surface area (Å²) < 4.78 is 1.99. The van der Waals surface area contributed by atoms with Crippen LogP contribution in [0, 0.1) is 7.14 Å². The van der Waals surface area contributed by atoms with Crippen LogP contribution < -0.4 is 0 Å². The van der Waals surface area contributed by atoms with Crippen molar-refractivity contribution in [2.45, 2.75) is 96.8 Å². The highest BCUT2D eigenvalue weighted by molar-refractivity contribution is 14.1. The van der Waals surface area contributed by atoms with Crippen LogP contribution >= 0.6 is 45.2 Å². The van der Waals surface area contributed by atoms with E-state index in [1.807, 2.05) is 6.07 Å². The maximum Gasteiger partial charge on any atom is 0.142 e. The van der Waals surface area contributed by atoms with Crippen LogP contribution in [0.2, 0.25) is 0 Å². The second kappa shape index (κ2) is 14.6. The Morgan fingerprint density at radius 2 is 1.17 bits per heavy atom. The fourth-order valence-corrected chi connectivity index (χ4v) is 4.81. The number of aryl methyl sites for hydroxylation is 1. The minimum Gasteiger partial charge on any atom is -0.506 e. The maximum absolute atomic E-state index is 9.98. The zero-order chi connectivity index (χ0) is 17.6. The van der Waals surface area contributed by atoms with Crippen LogP contribution in [0.5, 0.6) is 5.75 Å². The average Bonchev–Trinajstić information content (AvgIpc) is 2.58. The Hall–Kier alpha value is 0.480. The largest absolute Gasteiger partial charge is 0.506 e. The van der Waals surface area contributed by atoms with E-state index in [9.17, 15) is 5.11 Å². The van der Waals surface area contributed by atoms with E-state index >= 15 is 0 Å². The first-order valence-electron chi connectivity index (χ1n) is 9.82. The van der Waals surface area contributed by atoms with Gasteiger partial charge in [-0.15, -0.1) is 0 Å². The fourth-order valence-electron chi connectivity index (χ4n) is 3.11. The van der Waals surface area contributed by atoms with Crippen LogP contribution in [0.15, 0.2) is 12.1 Å². The van der Waals surface area contributed by atoms with Gasteiger partial charge in [-0.3, -0.25) is 0 Å². The van der Waals surface area contributed by atoms with Gasteiger partial charge in [0.05, 0.1) is 7.14 Å². The minimum absolute atomic E-state index is 0.461. The van der Waals surface area contributed by atoms with Crippen molar-refractivity contribution in [2.24, 2.45) is 0 Å². The van der Waals surface area contributed by atoms with E-state index in [0.29, 0.717) is 5.75 Å². The van der Waals surface area contributed by atoms with Crippen molar-refractivity contribution in [2.75, 3.05) is 0 Å². The lowest BCUT2D eigenvalue weighted by Gasteiger charge is -2.08. The molecule has 138 valence electrons. The summed E-state index contributed by atoms with van der Waals surface area (Å²) in [7, 11) is 0. The molecule has 0 aromatic heterocycles. The van der Waals surface area contributed by atoms with Gasteiger partial charge in [-0.2, -0.15) is 0 Å². The van der Waals surface area contributed by atoms with E-state index in [4.69, 9.17) is 0 Å². The molecule has 0 spiro atoms. The molecule has 0 amide bonds. The Labute approximate surface area is 176 Å². The lowest BCUT2D eigenvalue weighted by molar-refractivity contribution is 0.466. The molecule has 1 rings (SSSR count). The van der Waals surface area contributed by atoms with Crippen molar-refractivity contribution >= 4 is 45.2 Å². The number of phenolic OH excluding ortho intramolecular Hbond substituents is 1. The Balaban J connectivity index is 1.93. The maximum atomic E-state index is 9.98. The zero-order valence-electron chi connectivity index (χ0n) is 15.3. The summed E-state index contributed by atoms with van der Waals surface area (Å²) in [5, 5.41) is 9.98. The molecule has 0 aliphatic rings. The summed E-state index contributed by atoms with van der Waals surface area (Å²) in [4.78, 5) is 0. The van der Waals surface area contributed by atoms with Gasteiger partial charge in [0.15, 0.2) is 0 Å². The third kappa shape index (κ3) is 9.83. The lowest BCUT2D eigenvalue weighted by Crippen LogP contribution is -1.92. The summed E-state index contributed by atoms with van der Waals surface area (Å²) >= 11 is 4.46. The molecule has 1 N–H and O–H groups in total. The van der Waals surface area contributed by atoms with Gasteiger partial charge in [0.1, 0.15) is 5.75 Å². The first kappa shape index (κ1) is 22.5. The van der Waals surface area contributed by atoms with Gasteiger partial charge >= 0.3 is 0 Å². The molecule has 0 atom stereocenters. The molecular formula is C21H34I2O. The highest BCUT2D eigenvalue weighted by Crippen LogP contribution is 2.29. The van der Waals surface area contributed by atoms with Gasteiger partial charge in [-0.25, -0.2) is 0 Å². The van der Waals surface area contributed by atoms with E-state index in [1.165, 1.54) is 89.0 Å². The Bertz CT molecular complexity index is 446. The molecule has 3 heteroatoms. The minimum atomic E-state index is 0.461. The number of hydrogen-bond acceptors (Lipinski definition) is 1. The van der Waals surface area contributed by atoms with E-state index in [0.717, 1.165) is 13.6 Å². The van der Waals surface area contributed by atoms with Crippen molar-refractivity contribution in [3.63, 3.8) is 0 Å². The number of halogens is 2. The highest BCUT2D eigenvalue weighted by Gasteiger charge is 2.07. The molecule has 0 aliphatic heterocycles. The van der Waals surface area contributed by atoms with Gasteiger partial charge in [-0.05, 0) is 69.7 Å². The van der Waals surface area contributed by atoms with Crippen molar-refractivity contribution in [3.05, 3.63) is 24.8 Å². The molecular weight excluding hydrogens is 522 g/mol. The summed E-state index contributed by atoms with van der Waals surface area (Å²) in [5.74, 6) is 0.461. The monoisotopic (exact) mass is 556 g/mol. The van der Waals surface area contributed by atoms with Crippen molar-refractivity contribution in [1.29, 1.82) is 0 Å². The number of hydrogen-bond donors (Lipinski definition) is 1. The molecule has 0 heterocycles. The summed E-state index contributed by atoms with van der Waals surface area (Å²) in [6.07, 6.45) is 19.2. The molecule has 0 saturated carbocycles. The fraction of sp³-hybridized carbons (Fsp3) is 0.714. The van der Waals surface area contributed by atoms with Crippen molar-refractivity contribution in [3.8, 4) is 5.75 Å². The molecule has 1 aromatic carbocycles. The van der Waals surface area contributed by atoms with Crippen LogP contribution in [0.25, 0.3) is 0 Å². The number of rotatable bonds is 14. The Morgan fingerprint density at radius 1 is 0.708 bits per heavy atom. The zero-order valence-corrected chi connectivity index (χ0v) is 19.6. The standard InChI is InChI=1S/C21H34I2O/c1-2-3-4-5-6-7-8-9-10-11-12-13-14-15-18-16-17-19(22)21(24)20(18)23/h16-17,24H,2-15H2,1H3. The number of unbranched alkanes of at least 4 members (excludes halogenated alkanes) is 12. The molecule has 0 fully saturated rings. The second-order valence-electron chi connectivity index (χ2n) is 6.86. The SMILES string of the molecule is CCCCCCCCCCCCCCCc1ccc(I)c(O)c1I. The van der Waals surface area contributed by atoms with E-state index < -0.39 is 0 Å². The third-order valence-electron chi connectivity index (χ3n) is 4.70. The lowest BCUT2D eigenvalue weighted by atomic mass is 10.0. The first-order valence-corrected chi connectivity index (χ1v) is 12.0. The van der Waals surface area contributed by atoms with Crippen LogP contribution in [-0.2, 0) is 6.42 Å². The molecule has 0 radical (unpaired) electrons. The van der Waals surface area contributed by atoms with Crippen LogP contribution in [-0.4, -0.2) is 5.11 Å². The van der Waals surface area contributed by atoms with Gasteiger partial charge < -0.3 is 5.11 Å². The highest BCUT2D eigenvalue weighted by atomic mass is 127. The van der Waals surface area contributed by atoms with Gasteiger partial charge in [0, 0.05) is 0 Å². The van der Waals surface area contributed by atoms with Crippen LogP contribution in [0.1, 0.15) is 96.0 Å². The quantitative estimate of drug-likeness (QED) is 0.181. The van der Waals surface area contributed by atoms with E-state index in [2.05, 4.69) is 58.2 Å². The molecule has 1 nitrogen and oxygen atoms in total. The Kier molecular flexibility index (Phi) is 13.7.